The van der Waals surface area contributed by atoms with Gasteiger partial charge in [0.15, 0.2) is 0 Å². The molecule has 0 aliphatic rings. The molecule has 0 amide bonds. The van der Waals surface area contributed by atoms with Crippen molar-refractivity contribution in [3.63, 3.8) is 0 Å². The van der Waals surface area contributed by atoms with Crippen LogP contribution in [0.15, 0.2) is 0 Å². The summed E-state index contributed by atoms with van der Waals surface area (Å²) in [4.78, 5) is -0.876. The van der Waals surface area contributed by atoms with Gasteiger partial charge in [-0.25, -0.2) is 0 Å². The van der Waals surface area contributed by atoms with Crippen LogP contribution in [0.4, 0.5) is 0 Å². The van der Waals surface area contributed by atoms with Gasteiger partial charge in [0.2, 0.25) is 0 Å². The lowest BCUT2D eigenvalue weighted by Crippen LogP contribution is -2.36. The molecule has 0 atom stereocenters. The Bertz CT molecular complexity index is 238. The molecule has 0 heterocycles. The molecule has 0 aromatic rings. The predicted molar refractivity (Wildman–Crippen MR) is 103 cm³/mol. The highest BCUT2D eigenvalue weighted by atomic mass is 16.8. The SMILES string of the molecule is CCCCCCCCCCCCCCCCCCCC[N+](C)(O)O. The molecule has 3 heteroatoms. The van der Waals surface area contributed by atoms with E-state index < -0.39 is 4.81 Å². The summed E-state index contributed by atoms with van der Waals surface area (Å²) in [6.07, 6.45) is 24.4. The number of hydrogen-bond donors (Lipinski definition) is 2. The van der Waals surface area contributed by atoms with Crippen LogP contribution in [-0.4, -0.2) is 28.8 Å². The summed E-state index contributed by atoms with van der Waals surface area (Å²) < 4.78 is 0. The number of unbranched alkanes of at least 4 members (excludes halogenated alkanes) is 17. The van der Waals surface area contributed by atoms with Crippen molar-refractivity contribution in [2.45, 2.75) is 122 Å². The molecular formula is C21H46NO2+. The molecule has 0 spiro atoms. The van der Waals surface area contributed by atoms with E-state index in [-0.39, 0.29) is 0 Å². The van der Waals surface area contributed by atoms with E-state index >= 15 is 0 Å². The smallest absolute Gasteiger partial charge is 0.141 e. The summed E-state index contributed by atoms with van der Waals surface area (Å²) in [5.41, 5.74) is 0. The molecule has 2 N–H and O–H groups in total. The average Bonchev–Trinajstić information content (AvgIpc) is 2.52. The van der Waals surface area contributed by atoms with E-state index in [0.717, 1.165) is 12.8 Å². The Balaban J connectivity index is 3.00. The van der Waals surface area contributed by atoms with Gasteiger partial charge >= 0.3 is 0 Å². The number of rotatable bonds is 19. The van der Waals surface area contributed by atoms with Crippen molar-refractivity contribution in [2.24, 2.45) is 0 Å². The zero-order valence-corrected chi connectivity index (χ0v) is 16.8. The standard InChI is InChI=1S/C21H46NO2/c1-3-4-5-6-7-8-9-10-11-12-13-14-15-16-17-18-19-20-21-22(2,23)24/h23-24H,3-21H2,1-2H3/q+1. The molecule has 0 aliphatic heterocycles. The van der Waals surface area contributed by atoms with Crippen LogP contribution in [0.5, 0.6) is 0 Å². The lowest BCUT2D eigenvalue weighted by Gasteiger charge is -2.14. The summed E-state index contributed by atoms with van der Waals surface area (Å²) in [6.45, 7) is 2.73. The Morgan fingerprint density at radius 2 is 0.708 bits per heavy atom. The van der Waals surface area contributed by atoms with E-state index in [9.17, 15) is 0 Å². The molecule has 0 unspecified atom stereocenters. The first kappa shape index (κ1) is 23.9. The van der Waals surface area contributed by atoms with E-state index in [1.807, 2.05) is 0 Å². The third kappa shape index (κ3) is 21.9. The van der Waals surface area contributed by atoms with Gasteiger partial charge in [0, 0.05) is 6.42 Å². The van der Waals surface area contributed by atoms with Gasteiger partial charge in [-0.15, -0.1) is 0 Å². The third-order valence-electron chi connectivity index (χ3n) is 4.94. The van der Waals surface area contributed by atoms with Crippen LogP contribution >= 0.6 is 0 Å². The first-order valence-corrected chi connectivity index (χ1v) is 10.9. The molecular weight excluding hydrogens is 298 g/mol. The highest BCUT2D eigenvalue weighted by Crippen LogP contribution is 2.14. The molecule has 0 rings (SSSR count). The largest absolute Gasteiger partial charge is 0.182 e. The third-order valence-corrected chi connectivity index (χ3v) is 4.94. The van der Waals surface area contributed by atoms with Crippen molar-refractivity contribution in [3.05, 3.63) is 0 Å². The van der Waals surface area contributed by atoms with E-state index in [4.69, 9.17) is 10.4 Å². The minimum Gasteiger partial charge on any atom is -0.182 e. The fourth-order valence-corrected chi connectivity index (χ4v) is 3.31. The maximum Gasteiger partial charge on any atom is 0.141 e. The van der Waals surface area contributed by atoms with Crippen molar-refractivity contribution < 1.29 is 15.2 Å². The van der Waals surface area contributed by atoms with Crippen LogP contribution in [-0.2, 0) is 0 Å². The van der Waals surface area contributed by atoms with Gasteiger partial charge < -0.3 is 0 Å². The van der Waals surface area contributed by atoms with Crippen LogP contribution < -0.4 is 0 Å². The summed E-state index contributed by atoms with van der Waals surface area (Å²) in [5.74, 6) is 0. The van der Waals surface area contributed by atoms with E-state index in [1.165, 1.54) is 110 Å². The first-order chi connectivity index (χ1) is 11.6. The van der Waals surface area contributed by atoms with Gasteiger partial charge in [-0.2, -0.15) is 10.4 Å². The second-order valence-corrected chi connectivity index (χ2v) is 7.82. The summed E-state index contributed by atoms with van der Waals surface area (Å²) >= 11 is 0. The van der Waals surface area contributed by atoms with Gasteiger partial charge in [-0.1, -0.05) is 114 Å². The van der Waals surface area contributed by atoms with Gasteiger partial charge in [0.1, 0.15) is 13.6 Å². The molecule has 24 heavy (non-hydrogen) atoms. The molecule has 0 saturated heterocycles. The number of nitrogens with zero attached hydrogens (tertiary/aromatic N) is 1. The number of hydroxylamine groups is 4. The average molecular weight is 345 g/mol. The Morgan fingerprint density at radius 3 is 0.958 bits per heavy atom. The van der Waals surface area contributed by atoms with Crippen LogP contribution in [0, 0.1) is 0 Å². The molecule has 0 bridgehead atoms. The molecule has 0 saturated carbocycles. The Hall–Kier alpha value is -0.120. The van der Waals surface area contributed by atoms with Crippen LogP contribution in [0.2, 0.25) is 0 Å². The maximum atomic E-state index is 9.15. The topological polar surface area (TPSA) is 40.5 Å². The molecule has 3 nitrogen and oxygen atoms in total. The fourth-order valence-electron chi connectivity index (χ4n) is 3.31. The lowest BCUT2D eigenvalue weighted by atomic mass is 10.0. The van der Waals surface area contributed by atoms with Gasteiger partial charge in [-0.3, -0.25) is 0 Å². The molecule has 146 valence electrons. The quantitative estimate of drug-likeness (QED) is 0.147. The Kier molecular flexibility index (Phi) is 17.6. The monoisotopic (exact) mass is 344 g/mol. The maximum absolute atomic E-state index is 9.15. The van der Waals surface area contributed by atoms with Gasteiger partial charge in [0.25, 0.3) is 0 Å². The molecule has 0 aliphatic carbocycles. The minimum absolute atomic E-state index is 0.443. The van der Waals surface area contributed by atoms with E-state index in [0.29, 0.717) is 6.54 Å². The van der Waals surface area contributed by atoms with Gasteiger partial charge in [0.05, 0.1) is 0 Å². The molecule has 0 fully saturated rings. The summed E-state index contributed by atoms with van der Waals surface area (Å²) in [5, 5.41) is 18.3. The highest BCUT2D eigenvalue weighted by Gasteiger charge is 2.12. The second kappa shape index (κ2) is 17.7. The predicted octanol–water partition coefficient (Wildman–Crippen LogP) is 7.25. The minimum atomic E-state index is -0.876. The summed E-state index contributed by atoms with van der Waals surface area (Å²) in [6, 6.07) is 0. The van der Waals surface area contributed by atoms with E-state index in [1.54, 1.807) is 0 Å². The van der Waals surface area contributed by atoms with Crippen LogP contribution in [0.25, 0.3) is 0 Å². The second-order valence-electron chi connectivity index (χ2n) is 7.82. The van der Waals surface area contributed by atoms with Crippen molar-refractivity contribution in [1.29, 1.82) is 0 Å². The normalized spacial score (nSPS) is 12.0. The Labute approximate surface area is 152 Å². The van der Waals surface area contributed by atoms with Crippen molar-refractivity contribution in [3.8, 4) is 0 Å². The van der Waals surface area contributed by atoms with Crippen LogP contribution in [0.3, 0.4) is 0 Å². The van der Waals surface area contributed by atoms with Crippen molar-refractivity contribution in [2.75, 3.05) is 13.6 Å². The van der Waals surface area contributed by atoms with Gasteiger partial charge in [-0.05, 0) is 6.42 Å². The zero-order chi connectivity index (χ0) is 17.9. The molecule has 0 aromatic heterocycles. The Morgan fingerprint density at radius 1 is 0.458 bits per heavy atom. The van der Waals surface area contributed by atoms with Crippen molar-refractivity contribution in [1.82, 2.24) is 0 Å². The van der Waals surface area contributed by atoms with Crippen molar-refractivity contribution >= 4 is 0 Å². The fraction of sp³-hybridized carbons (Fsp3) is 1.00. The molecule has 0 radical (unpaired) electrons. The molecule has 0 aromatic carbocycles. The summed E-state index contributed by atoms with van der Waals surface area (Å²) in [7, 11) is 1.41. The van der Waals surface area contributed by atoms with Crippen LogP contribution in [0.1, 0.15) is 122 Å². The number of quaternary nitrogens is 1. The zero-order valence-electron chi connectivity index (χ0n) is 16.8. The lowest BCUT2D eigenvalue weighted by molar-refractivity contribution is -1.23. The van der Waals surface area contributed by atoms with E-state index in [2.05, 4.69) is 6.92 Å². The highest BCUT2D eigenvalue weighted by molar-refractivity contribution is 4.50. The number of hydrogen-bond acceptors (Lipinski definition) is 2. The first-order valence-electron chi connectivity index (χ1n) is 10.9.